The second kappa shape index (κ2) is 12.7. The third kappa shape index (κ3) is 6.70. The van der Waals surface area contributed by atoms with E-state index in [0.717, 1.165) is 52.1 Å². The van der Waals surface area contributed by atoms with E-state index >= 15 is 0 Å². The van der Waals surface area contributed by atoms with Crippen molar-refractivity contribution in [1.29, 1.82) is 0 Å². The van der Waals surface area contributed by atoms with Gasteiger partial charge in [0.05, 0.1) is 0 Å². The largest absolute Gasteiger partial charge is 0.338 e. The van der Waals surface area contributed by atoms with Gasteiger partial charge in [-0.05, 0) is 92.2 Å². The first-order valence-corrected chi connectivity index (χ1v) is 14.3. The van der Waals surface area contributed by atoms with Crippen LogP contribution in [0.3, 0.4) is 0 Å². The number of nitrogens with one attached hydrogen (secondary N) is 1. The zero-order valence-corrected chi connectivity index (χ0v) is 25.8. The number of carbonyl (C=O) groups is 3. The number of hydrogen-bond donors (Lipinski definition) is 1. The van der Waals surface area contributed by atoms with Crippen LogP contribution < -0.4 is 5.32 Å². The van der Waals surface area contributed by atoms with Gasteiger partial charge < -0.3 is 14.8 Å². The van der Waals surface area contributed by atoms with Crippen molar-refractivity contribution < 1.29 is 14.4 Å². The highest BCUT2D eigenvalue weighted by Gasteiger charge is 2.30. The molecule has 2 atom stereocenters. The fourth-order valence-electron chi connectivity index (χ4n) is 5.43. The van der Waals surface area contributed by atoms with Crippen LogP contribution in [0, 0.1) is 26.7 Å². The number of ketones is 1. The summed E-state index contributed by atoms with van der Waals surface area (Å²) in [5.74, 6) is 1.95. The van der Waals surface area contributed by atoms with Gasteiger partial charge in [0.1, 0.15) is 22.8 Å². The van der Waals surface area contributed by atoms with E-state index in [0.29, 0.717) is 28.3 Å². The Morgan fingerprint density at radius 1 is 1.07 bits per heavy atom. The summed E-state index contributed by atoms with van der Waals surface area (Å²) >= 11 is 3.20. The maximum atomic E-state index is 13.1. The molecular formula is C31H35BrN6O3. The van der Waals surface area contributed by atoms with Gasteiger partial charge in [0, 0.05) is 52.7 Å². The minimum Gasteiger partial charge on any atom is -0.338 e. The van der Waals surface area contributed by atoms with Crippen LogP contribution in [0.2, 0.25) is 0 Å². The van der Waals surface area contributed by atoms with Gasteiger partial charge in [-0.2, -0.15) is 0 Å². The Hall–Kier alpha value is -3.92. The summed E-state index contributed by atoms with van der Waals surface area (Å²) in [6.07, 6.45) is 5.24. The lowest BCUT2D eigenvalue weighted by Gasteiger charge is -2.22. The summed E-state index contributed by atoms with van der Waals surface area (Å²) in [7, 11) is 0. The lowest BCUT2D eigenvalue weighted by atomic mass is 10.0. The minimum atomic E-state index is 0.00386. The molecule has 0 saturated carbocycles. The topological polar surface area (TPSA) is 110 Å². The molecule has 0 radical (unpaired) electrons. The predicted molar refractivity (Wildman–Crippen MR) is 164 cm³/mol. The number of aryl methyl sites for hydroxylation is 2. The number of hydrogen-bond acceptors (Lipinski definition) is 6. The quantitative estimate of drug-likeness (QED) is 0.164. The number of carbonyl (C=O) groups excluding carboxylic acids is 3. The Bertz CT molecular complexity index is 1600. The highest BCUT2D eigenvalue weighted by Crippen LogP contribution is 2.31. The van der Waals surface area contributed by atoms with Gasteiger partial charge in [-0.3, -0.25) is 14.4 Å². The molecule has 41 heavy (non-hydrogen) atoms. The van der Waals surface area contributed by atoms with Crippen LogP contribution in [0.1, 0.15) is 54.6 Å². The number of rotatable bonds is 6. The Morgan fingerprint density at radius 3 is 2.39 bits per heavy atom. The van der Waals surface area contributed by atoms with Crippen LogP contribution >= 0.6 is 15.9 Å². The molecule has 1 aliphatic rings. The number of anilines is 1. The number of halogens is 1. The standard InChI is InChI=1S/C24H28N4O2.C7H7BrN2O/c1-14-8-15(2)27(12-14)23(30)13-28-16(3)24(17(4)29)21-9-19(6-7-22(21)28)20-10-25-18(5)26-11-20;1-5-2-3-6(8)10-7(5)9-4-11/h6-7,9-11,14-15H,8,12-13H2,1-5H3;2-4H,1H3,(H,9,10,11). The summed E-state index contributed by atoms with van der Waals surface area (Å²) in [6.45, 7) is 12.6. The molecule has 5 rings (SSSR count). The lowest BCUT2D eigenvalue weighted by Crippen LogP contribution is -2.36. The van der Waals surface area contributed by atoms with Crippen LogP contribution in [0.15, 0.2) is 47.3 Å². The summed E-state index contributed by atoms with van der Waals surface area (Å²) < 4.78 is 2.70. The molecule has 1 N–H and O–H groups in total. The first-order valence-electron chi connectivity index (χ1n) is 13.6. The zero-order chi connectivity index (χ0) is 29.8. The number of pyridine rings is 1. The Morgan fingerprint density at radius 2 is 1.78 bits per heavy atom. The Balaban J connectivity index is 0.000000296. The van der Waals surface area contributed by atoms with E-state index in [9.17, 15) is 14.4 Å². The third-order valence-corrected chi connectivity index (χ3v) is 7.89. The summed E-state index contributed by atoms with van der Waals surface area (Å²) in [6, 6.07) is 9.97. The van der Waals surface area contributed by atoms with Gasteiger partial charge in [0.2, 0.25) is 12.3 Å². The molecule has 0 bridgehead atoms. The molecule has 10 heteroatoms. The summed E-state index contributed by atoms with van der Waals surface area (Å²) in [5.41, 5.74) is 5.22. The molecule has 1 fully saturated rings. The molecule has 214 valence electrons. The number of Topliss-reactive ketones (excluding diaryl/α,β-unsaturated/α-hetero) is 1. The summed E-state index contributed by atoms with van der Waals surface area (Å²) in [5, 5.41) is 3.36. The SMILES string of the molecule is CC(=O)c1c(C)n(CC(=O)N2CC(C)CC2C)c2ccc(-c3cnc(C)nc3)cc12.Cc1ccc(Br)nc1NC=O. The van der Waals surface area contributed by atoms with Crippen molar-refractivity contribution in [2.75, 3.05) is 11.9 Å². The number of aromatic nitrogens is 4. The van der Waals surface area contributed by atoms with E-state index in [1.807, 2.05) is 60.6 Å². The van der Waals surface area contributed by atoms with Crippen molar-refractivity contribution in [1.82, 2.24) is 24.4 Å². The first kappa shape index (κ1) is 30.0. The van der Waals surface area contributed by atoms with Crippen LogP contribution in [0.25, 0.3) is 22.0 Å². The third-order valence-electron chi connectivity index (χ3n) is 7.45. The second-order valence-electron chi connectivity index (χ2n) is 10.7. The average Bonchev–Trinajstić information content (AvgIpc) is 3.41. The van der Waals surface area contributed by atoms with Crippen molar-refractivity contribution in [3.8, 4) is 11.1 Å². The van der Waals surface area contributed by atoms with E-state index < -0.39 is 0 Å². The van der Waals surface area contributed by atoms with Gasteiger partial charge in [-0.1, -0.05) is 19.1 Å². The van der Waals surface area contributed by atoms with E-state index in [2.05, 4.69) is 50.0 Å². The number of likely N-dealkylation sites (tertiary alicyclic amines) is 1. The highest BCUT2D eigenvalue weighted by molar-refractivity contribution is 9.10. The van der Waals surface area contributed by atoms with Crippen LogP contribution in [0.5, 0.6) is 0 Å². The van der Waals surface area contributed by atoms with Crippen molar-refractivity contribution in [3.63, 3.8) is 0 Å². The van der Waals surface area contributed by atoms with Crippen LogP contribution in [-0.4, -0.2) is 55.1 Å². The Labute approximate surface area is 248 Å². The Kier molecular flexibility index (Phi) is 9.32. The van der Waals surface area contributed by atoms with E-state index in [4.69, 9.17) is 0 Å². The monoisotopic (exact) mass is 618 g/mol. The van der Waals surface area contributed by atoms with E-state index in [-0.39, 0.29) is 24.3 Å². The molecule has 4 aromatic rings. The highest BCUT2D eigenvalue weighted by atomic mass is 79.9. The van der Waals surface area contributed by atoms with Crippen LogP contribution in [0.4, 0.5) is 5.82 Å². The smallest absolute Gasteiger partial charge is 0.242 e. The summed E-state index contributed by atoms with van der Waals surface area (Å²) in [4.78, 5) is 50.2. The van der Waals surface area contributed by atoms with E-state index in [1.54, 1.807) is 19.3 Å². The van der Waals surface area contributed by atoms with Gasteiger partial charge in [0.15, 0.2) is 5.78 Å². The van der Waals surface area contributed by atoms with Gasteiger partial charge in [-0.25, -0.2) is 15.0 Å². The van der Waals surface area contributed by atoms with Gasteiger partial charge in [-0.15, -0.1) is 0 Å². The second-order valence-corrected chi connectivity index (χ2v) is 11.5. The number of amides is 2. The lowest BCUT2D eigenvalue weighted by molar-refractivity contribution is -0.132. The molecular weight excluding hydrogens is 584 g/mol. The van der Waals surface area contributed by atoms with E-state index in [1.165, 1.54) is 0 Å². The fraction of sp³-hybridized carbons (Fsp3) is 0.355. The van der Waals surface area contributed by atoms with Gasteiger partial charge >= 0.3 is 0 Å². The van der Waals surface area contributed by atoms with Crippen molar-refractivity contribution >= 4 is 50.8 Å². The number of nitrogens with zero attached hydrogens (tertiary/aromatic N) is 5. The first-order chi connectivity index (χ1) is 19.5. The zero-order valence-electron chi connectivity index (χ0n) is 24.2. The molecule has 9 nitrogen and oxygen atoms in total. The maximum Gasteiger partial charge on any atom is 0.242 e. The molecule has 4 heterocycles. The van der Waals surface area contributed by atoms with Gasteiger partial charge in [0.25, 0.3) is 0 Å². The normalized spacial score (nSPS) is 16.3. The van der Waals surface area contributed by atoms with Crippen molar-refractivity contribution in [3.05, 3.63) is 70.0 Å². The molecule has 1 aliphatic heterocycles. The van der Waals surface area contributed by atoms with Crippen molar-refractivity contribution in [2.45, 2.75) is 60.5 Å². The molecule has 1 saturated heterocycles. The molecule has 3 aromatic heterocycles. The molecule has 2 unspecified atom stereocenters. The molecule has 0 spiro atoms. The number of benzene rings is 1. The molecule has 2 amide bonds. The predicted octanol–water partition coefficient (Wildman–Crippen LogP) is 5.90. The minimum absolute atomic E-state index is 0.00386. The average molecular weight is 620 g/mol. The fourth-order valence-corrected chi connectivity index (χ4v) is 5.74. The molecule has 1 aromatic carbocycles. The van der Waals surface area contributed by atoms with Crippen molar-refractivity contribution in [2.24, 2.45) is 5.92 Å². The maximum absolute atomic E-state index is 13.1. The number of fused-ring (bicyclic) bond motifs is 1. The van der Waals surface area contributed by atoms with Crippen LogP contribution in [-0.2, 0) is 16.1 Å². The molecule has 0 aliphatic carbocycles.